The lowest BCUT2D eigenvalue weighted by Crippen LogP contribution is -2.23. The van der Waals surface area contributed by atoms with Gasteiger partial charge in [-0.25, -0.2) is 0 Å². The zero-order chi connectivity index (χ0) is 12.8. The van der Waals surface area contributed by atoms with E-state index >= 15 is 0 Å². The van der Waals surface area contributed by atoms with Gasteiger partial charge in [-0.2, -0.15) is 0 Å². The number of para-hydroxylation sites is 1. The van der Waals surface area contributed by atoms with Crippen molar-refractivity contribution in [3.63, 3.8) is 0 Å². The molecule has 0 saturated heterocycles. The predicted octanol–water partition coefficient (Wildman–Crippen LogP) is 0.304. The molecule has 0 fully saturated rings. The lowest BCUT2D eigenvalue weighted by atomic mass is 10.1. The number of nitrogen functional groups attached to an aromatic ring is 1. The monoisotopic (exact) mass is 240 g/mol. The molecule has 0 bridgehead atoms. The van der Waals surface area contributed by atoms with E-state index in [2.05, 4.69) is 5.43 Å². The highest BCUT2D eigenvalue weighted by Crippen LogP contribution is 2.27. The van der Waals surface area contributed by atoms with Gasteiger partial charge in [0.2, 0.25) is 0 Å². The maximum atomic E-state index is 10.8. The second kappa shape index (κ2) is 6.14. The van der Waals surface area contributed by atoms with E-state index in [4.69, 9.17) is 10.9 Å². The number of nitrogens with one attached hydrogen (secondary N) is 1. The van der Waals surface area contributed by atoms with Crippen LogP contribution >= 0.6 is 0 Å². The average Bonchev–Trinajstić information content (AvgIpc) is 2.28. The number of hydrogen-bond donors (Lipinski definition) is 3. The number of likely N-dealkylation sites (N-methyl/N-ethyl adjacent to an activating group) is 1. The van der Waals surface area contributed by atoms with E-state index in [-0.39, 0.29) is 12.3 Å². The maximum Gasteiger partial charge on any atom is 0.293 e. The maximum absolute atomic E-state index is 10.8. The zero-order valence-corrected chi connectivity index (χ0v) is 9.59. The lowest BCUT2D eigenvalue weighted by molar-refractivity contribution is -0.384. The summed E-state index contributed by atoms with van der Waals surface area (Å²) in [5, 5.41) is 19.6. The van der Waals surface area contributed by atoms with Crippen LogP contribution in [0.15, 0.2) is 18.2 Å². The molecule has 7 heteroatoms. The first kappa shape index (κ1) is 13.4. The second-order valence-electron chi connectivity index (χ2n) is 3.67. The fourth-order valence-corrected chi connectivity index (χ4v) is 1.58. The van der Waals surface area contributed by atoms with Crippen LogP contribution in [0.25, 0.3) is 0 Å². The quantitative estimate of drug-likeness (QED) is 0.375. The third-order valence-corrected chi connectivity index (χ3v) is 2.39. The first-order valence-corrected chi connectivity index (χ1v) is 5.12. The van der Waals surface area contributed by atoms with Crippen molar-refractivity contribution in [2.24, 2.45) is 5.84 Å². The molecule has 1 aromatic rings. The number of anilines is 1. The highest BCUT2D eigenvalue weighted by Gasteiger charge is 2.16. The van der Waals surface area contributed by atoms with Gasteiger partial charge in [-0.05, 0) is 12.6 Å². The number of nitrogens with two attached hydrogens (primary N) is 1. The minimum atomic E-state index is -0.481. The summed E-state index contributed by atoms with van der Waals surface area (Å²) in [7, 11) is 1.81. The SMILES string of the molecule is CN(CCO)Cc1cccc([N+](=O)[O-])c1NN. The largest absolute Gasteiger partial charge is 0.395 e. The summed E-state index contributed by atoms with van der Waals surface area (Å²) in [6.45, 7) is 1.01. The standard InChI is InChI=1S/C10H16N4O3/c1-13(5-6-15)7-8-3-2-4-9(14(16)17)10(8)12-11/h2-4,12,15H,5-7,11H2,1H3. The Bertz CT molecular complexity index is 397. The Labute approximate surface area is 99.0 Å². The fourth-order valence-electron chi connectivity index (χ4n) is 1.58. The minimum Gasteiger partial charge on any atom is -0.395 e. The highest BCUT2D eigenvalue weighted by atomic mass is 16.6. The van der Waals surface area contributed by atoms with Gasteiger partial charge in [-0.3, -0.25) is 20.9 Å². The molecule has 0 aliphatic carbocycles. The Hall–Kier alpha value is -1.70. The fraction of sp³-hybridized carbons (Fsp3) is 0.400. The second-order valence-corrected chi connectivity index (χ2v) is 3.67. The van der Waals surface area contributed by atoms with E-state index in [1.165, 1.54) is 6.07 Å². The Morgan fingerprint density at radius 1 is 1.59 bits per heavy atom. The molecule has 0 aliphatic rings. The van der Waals surface area contributed by atoms with Crippen molar-refractivity contribution in [2.75, 3.05) is 25.6 Å². The molecule has 0 saturated carbocycles. The molecular formula is C10H16N4O3. The molecule has 0 heterocycles. The van der Waals surface area contributed by atoms with Crippen LogP contribution in [0.1, 0.15) is 5.56 Å². The molecule has 0 radical (unpaired) electrons. The number of nitro groups is 1. The van der Waals surface area contributed by atoms with Crippen molar-refractivity contribution < 1.29 is 10.0 Å². The van der Waals surface area contributed by atoms with Gasteiger partial charge in [0.05, 0.1) is 11.5 Å². The lowest BCUT2D eigenvalue weighted by Gasteiger charge is -2.17. The third kappa shape index (κ3) is 3.38. The predicted molar refractivity (Wildman–Crippen MR) is 64.3 cm³/mol. The molecule has 0 aliphatic heterocycles. The van der Waals surface area contributed by atoms with Crippen LogP contribution in [0, 0.1) is 10.1 Å². The van der Waals surface area contributed by atoms with Crippen LogP contribution in [0.5, 0.6) is 0 Å². The molecule has 0 amide bonds. The Morgan fingerprint density at radius 3 is 2.82 bits per heavy atom. The Kier molecular flexibility index (Phi) is 4.83. The van der Waals surface area contributed by atoms with Crippen molar-refractivity contribution in [3.05, 3.63) is 33.9 Å². The molecule has 4 N–H and O–H groups in total. The Balaban J connectivity index is 2.99. The van der Waals surface area contributed by atoms with Gasteiger partial charge in [0.25, 0.3) is 5.69 Å². The van der Waals surface area contributed by atoms with Gasteiger partial charge in [-0.15, -0.1) is 0 Å². The third-order valence-electron chi connectivity index (χ3n) is 2.39. The molecule has 94 valence electrons. The molecule has 0 aromatic heterocycles. The average molecular weight is 240 g/mol. The van der Waals surface area contributed by atoms with E-state index in [1.807, 2.05) is 11.9 Å². The number of hydrazine groups is 1. The van der Waals surface area contributed by atoms with E-state index in [9.17, 15) is 10.1 Å². The van der Waals surface area contributed by atoms with Gasteiger partial charge < -0.3 is 10.5 Å². The van der Waals surface area contributed by atoms with Gasteiger partial charge in [0.15, 0.2) is 0 Å². The summed E-state index contributed by atoms with van der Waals surface area (Å²) < 4.78 is 0. The number of nitro benzene ring substituents is 1. The molecule has 0 atom stereocenters. The summed E-state index contributed by atoms with van der Waals surface area (Å²) >= 11 is 0. The summed E-state index contributed by atoms with van der Waals surface area (Å²) in [5.41, 5.74) is 3.34. The van der Waals surface area contributed by atoms with Crippen molar-refractivity contribution in [1.82, 2.24) is 4.90 Å². The zero-order valence-electron chi connectivity index (χ0n) is 9.59. The molecular weight excluding hydrogens is 224 g/mol. The number of aliphatic hydroxyl groups excluding tert-OH is 1. The van der Waals surface area contributed by atoms with E-state index < -0.39 is 4.92 Å². The van der Waals surface area contributed by atoms with Crippen molar-refractivity contribution >= 4 is 11.4 Å². The van der Waals surface area contributed by atoms with Crippen LogP contribution in [-0.4, -0.2) is 35.1 Å². The normalized spacial score (nSPS) is 10.6. The minimum absolute atomic E-state index is 0.0385. The molecule has 17 heavy (non-hydrogen) atoms. The summed E-state index contributed by atoms with van der Waals surface area (Å²) in [5.74, 6) is 5.32. The van der Waals surface area contributed by atoms with Crippen LogP contribution in [-0.2, 0) is 6.54 Å². The molecule has 1 aromatic carbocycles. The summed E-state index contributed by atoms with van der Waals surface area (Å²) in [6, 6.07) is 4.77. The van der Waals surface area contributed by atoms with Crippen LogP contribution in [0.4, 0.5) is 11.4 Å². The number of aliphatic hydroxyl groups is 1. The van der Waals surface area contributed by atoms with Crippen molar-refractivity contribution in [1.29, 1.82) is 0 Å². The topological polar surface area (TPSA) is 105 Å². The highest BCUT2D eigenvalue weighted by molar-refractivity contribution is 5.65. The first-order valence-electron chi connectivity index (χ1n) is 5.12. The van der Waals surface area contributed by atoms with Gasteiger partial charge in [0, 0.05) is 19.2 Å². The van der Waals surface area contributed by atoms with E-state index in [1.54, 1.807) is 12.1 Å². The molecule has 0 spiro atoms. The number of hydrogen-bond acceptors (Lipinski definition) is 6. The molecule has 1 rings (SSSR count). The van der Waals surface area contributed by atoms with Crippen LogP contribution in [0.2, 0.25) is 0 Å². The molecule has 0 unspecified atom stereocenters. The molecule has 7 nitrogen and oxygen atoms in total. The number of benzene rings is 1. The van der Waals surface area contributed by atoms with Crippen molar-refractivity contribution in [2.45, 2.75) is 6.54 Å². The smallest absolute Gasteiger partial charge is 0.293 e. The summed E-state index contributed by atoms with van der Waals surface area (Å²) in [4.78, 5) is 12.2. The first-order chi connectivity index (χ1) is 8.10. The van der Waals surface area contributed by atoms with E-state index in [0.717, 1.165) is 5.56 Å². The van der Waals surface area contributed by atoms with Gasteiger partial charge >= 0.3 is 0 Å². The number of nitrogens with zero attached hydrogens (tertiary/aromatic N) is 2. The Morgan fingerprint density at radius 2 is 2.29 bits per heavy atom. The van der Waals surface area contributed by atoms with Crippen LogP contribution < -0.4 is 11.3 Å². The van der Waals surface area contributed by atoms with Gasteiger partial charge in [0.1, 0.15) is 5.69 Å². The van der Waals surface area contributed by atoms with Gasteiger partial charge in [-0.1, -0.05) is 12.1 Å². The van der Waals surface area contributed by atoms with Crippen molar-refractivity contribution in [3.8, 4) is 0 Å². The number of rotatable bonds is 6. The summed E-state index contributed by atoms with van der Waals surface area (Å²) in [6.07, 6.45) is 0. The van der Waals surface area contributed by atoms with Crippen LogP contribution in [0.3, 0.4) is 0 Å². The van der Waals surface area contributed by atoms with E-state index in [0.29, 0.717) is 18.8 Å².